The van der Waals surface area contributed by atoms with E-state index in [1.807, 2.05) is 31.2 Å². The van der Waals surface area contributed by atoms with Crippen LogP contribution in [0.3, 0.4) is 0 Å². The number of hydrogen-bond donors (Lipinski definition) is 1. The molecule has 0 heterocycles. The Morgan fingerprint density at radius 1 is 1.41 bits per heavy atom. The monoisotopic (exact) mass is 233 g/mol. The lowest BCUT2D eigenvalue weighted by molar-refractivity contribution is -0.153. The second kappa shape index (κ2) is 5.21. The van der Waals surface area contributed by atoms with Gasteiger partial charge in [-0.25, -0.2) is 0 Å². The third-order valence-electron chi connectivity index (χ3n) is 3.33. The van der Waals surface area contributed by atoms with Gasteiger partial charge in [0, 0.05) is 5.69 Å². The van der Waals surface area contributed by atoms with Gasteiger partial charge >= 0.3 is 5.97 Å². The van der Waals surface area contributed by atoms with E-state index in [1.54, 1.807) is 0 Å². The van der Waals surface area contributed by atoms with Crippen molar-refractivity contribution in [2.45, 2.75) is 44.6 Å². The standard InChI is InChI=1S/C14H19NO2/c1-10(11-5-7-12(15)8-6-11)9-14(16)17-13-3-2-4-13/h5-8,10,13H,2-4,9,15H2,1H3. The maximum absolute atomic E-state index is 11.7. The van der Waals surface area contributed by atoms with Gasteiger partial charge in [0.1, 0.15) is 6.10 Å². The molecule has 1 aromatic rings. The molecule has 2 rings (SSSR count). The molecule has 0 radical (unpaired) electrons. The van der Waals surface area contributed by atoms with Crippen molar-refractivity contribution in [3.8, 4) is 0 Å². The fourth-order valence-electron chi connectivity index (χ4n) is 1.92. The van der Waals surface area contributed by atoms with Crippen molar-refractivity contribution in [1.29, 1.82) is 0 Å². The second-order valence-electron chi connectivity index (χ2n) is 4.81. The van der Waals surface area contributed by atoms with E-state index < -0.39 is 0 Å². The summed E-state index contributed by atoms with van der Waals surface area (Å²) in [7, 11) is 0. The van der Waals surface area contributed by atoms with Gasteiger partial charge in [-0.3, -0.25) is 4.79 Å². The molecule has 1 aromatic carbocycles. The van der Waals surface area contributed by atoms with Crippen molar-refractivity contribution in [2.75, 3.05) is 5.73 Å². The SMILES string of the molecule is CC(CC(=O)OC1CCC1)c1ccc(N)cc1. The highest BCUT2D eigenvalue weighted by atomic mass is 16.5. The van der Waals surface area contributed by atoms with Gasteiger partial charge in [-0.15, -0.1) is 0 Å². The second-order valence-corrected chi connectivity index (χ2v) is 4.81. The van der Waals surface area contributed by atoms with E-state index in [1.165, 1.54) is 6.42 Å². The van der Waals surface area contributed by atoms with Gasteiger partial charge < -0.3 is 10.5 Å². The van der Waals surface area contributed by atoms with E-state index in [-0.39, 0.29) is 18.0 Å². The van der Waals surface area contributed by atoms with Gasteiger partial charge in [-0.05, 0) is 42.9 Å². The summed E-state index contributed by atoms with van der Waals surface area (Å²) in [5, 5.41) is 0. The van der Waals surface area contributed by atoms with Crippen molar-refractivity contribution < 1.29 is 9.53 Å². The molecule has 0 spiro atoms. The minimum Gasteiger partial charge on any atom is -0.462 e. The summed E-state index contributed by atoms with van der Waals surface area (Å²) in [5.41, 5.74) is 7.51. The van der Waals surface area contributed by atoms with Crippen molar-refractivity contribution in [2.24, 2.45) is 0 Å². The van der Waals surface area contributed by atoms with Crippen molar-refractivity contribution >= 4 is 11.7 Å². The molecular weight excluding hydrogens is 214 g/mol. The first-order valence-corrected chi connectivity index (χ1v) is 6.20. The molecule has 1 saturated carbocycles. The van der Waals surface area contributed by atoms with Gasteiger partial charge in [0.25, 0.3) is 0 Å². The Kier molecular flexibility index (Phi) is 3.67. The number of nitrogens with two attached hydrogens (primary N) is 1. The number of esters is 1. The molecule has 3 nitrogen and oxygen atoms in total. The van der Waals surface area contributed by atoms with Crippen LogP contribution < -0.4 is 5.73 Å². The van der Waals surface area contributed by atoms with Crippen LogP contribution in [0.5, 0.6) is 0 Å². The molecule has 1 aliphatic carbocycles. The summed E-state index contributed by atoms with van der Waals surface area (Å²) in [5.74, 6) is 0.0993. The predicted molar refractivity (Wildman–Crippen MR) is 67.6 cm³/mol. The highest BCUT2D eigenvalue weighted by molar-refractivity contribution is 5.70. The molecular formula is C14H19NO2. The van der Waals surface area contributed by atoms with Crippen LogP contribution in [0.25, 0.3) is 0 Å². The summed E-state index contributed by atoms with van der Waals surface area (Å²) in [6.45, 7) is 2.04. The Balaban J connectivity index is 1.84. The predicted octanol–water partition coefficient (Wildman–Crippen LogP) is 2.86. The van der Waals surface area contributed by atoms with E-state index in [0.29, 0.717) is 6.42 Å². The maximum atomic E-state index is 11.7. The molecule has 1 atom stereocenters. The smallest absolute Gasteiger partial charge is 0.306 e. The number of rotatable bonds is 4. The molecule has 1 unspecified atom stereocenters. The Labute approximate surface area is 102 Å². The summed E-state index contributed by atoms with van der Waals surface area (Å²) < 4.78 is 5.34. The lowest BCUT2D eigenvalue weighted by Crippen LogP contribution is -2.25. The lowest BCUT2D eigenvalue weighted by atomic mass is 9.95. The molecule has 0 aliphatic heterocycles. The third kappa shape index (κ3) is 3.22. The van der Waals surface area contributed by atoms with E-state index in [9.17, 15) is 4.79 Å². The van der Waals surface area contributed by atoms with Crippen LogP contribution in [-0.4, -0.2) is 12.1 Å². The van der Waals surface area contributed by atoms with E-state index in [0.717, 1.165) is 24.1 Å². The summed E-state index contributed by atoms with van der Waals surface area (Å²) in [4.78, 5) is 11.7. The fraction of sp³-hybridized carbons (Fsp3) is 0.500. The number of ether oxygens (including phenoxy) is 1. The number of benzene rings is 1. The number of carbonyl (C=O) groups is 1. The number of hydrogen-bond acceptors (Lipinski definition) is 3. The van der Waals surface area contributed by atoms with Crippen LogP contribution in [0, 0.1) is 0 Å². The molecule has 0 saturated heterocycles. The highest BCUT2D eigenvalue weighted by Crippen LogP contribution is 2.25. The van der Waals surface area contributed by atoms with Crippen LogP contribution in [0.15, 0.2) is 24.3 Å². The topological polar surface area (TPSA) is 52.3 Å². The van der Waals surface area contributed by atoms with E-state index >= 15 is 0 Å². The van der Waals surface area contributed by atoms with Gasteiger partial charge in [0.15, 0.2) is 0 Å². The number of carbonyl (C=O) groups excluding carboxylic acids is 1. The van der Waals surface area contributed by atoms with Crippen LogP contribution in [0.2, 0.25) is 0 Å². The third-order valence-corrected chi connectivity index (χ3v) is 3.33. The fourth-order valence-corrected chi connectivity index (χ4v) is 1.92. The van der Waals surface area contributed by atoms with Crippen LogP contribution in [0.1, 0.15) is 44.1 Å². The zero-order valence-electron chi connectivity index (χ0n) is 10.2. The molecule has 3 heteroatoms. The van der Waals surface area contributed by atoms with Crippen molar-refractivity contribution in [3.63, 3.8) is 0 Å². The molecule has 1 fully saturated rings. The quantitative estimate of drug-likeness (QED) is 0.642. The van der Waals surface area contributed by atoms with Crippen LogP contribution >= 0.6 is 0 Å². The molecule has 1 aliphatic rings. The average molecular weight is 233 g/mol. The maximum Gasteiger partial charge on any atom is 0.306 e. The molecule has 17 heavy (non-hydrogen) atoms. The highest BCUT2D eigenvalue weighted by Gasteiger charge is 2.22. The summed E-state index contributed by atoms with van der Waals surface area (Å²) >= 11 is 0. The molecule has 0 amide bonds. The normalized spacial score (nSPS) is 17.2. The van der Waals surface area contributed by atoms with Crippen molar-refractivity contribution in [3.05, 3.63) is 29.8 Å². The van der Waals surface area contributed by atoms with Crippen molar-refractivity contribution in [1.82, 2.24) is 0 Å². The van der Waals surface area contributed by atoms with E-state index in [2.05, 4.69) is 0 Å². The first-order chi connectivity index (χ1) is 8.15. The zero-order valence-corrected chi connectivity index (χ0v) is 10.2. The minimum atomic E-state index is -0.0842. The van der Waals surface area contributed by atoms with Gasteiger partial charge in [-0.2, -0.15) is 0 Å². The summed E-state index contributed by atoms with van der Waals surface area (Å²) in [6.07, 6.45) is 3.87. The van der Waals surface area contributed by atoms with Gasteiger partial charge in [-0.1, -0.05) is 19.1 Å². The minimum absolute atomic E-state index is 0.0842. The lowest BCUT2D eigenvalue weighted by Gasteiger charge is -2.25. The van der Waals surface area contributed by atoms with E-state index in [4.69, 9.17) is 10.5 Å². The Morgan fingerprint density at radius 2 is 2.06 bits per heavy atom. The Morgan fingerprint density at radius 3 is 2.59 bits per heavy atom. The zero-order chi connectivity index (χ0) is 12.3. The largest absolute Gasteiger partial charge is 0.462 e. The molecule has 0 aromatic heterocycles. The Bertz CT molecular complexity index is 382. The molecule has 92 valence electrons. The summed E-state index contributed by atoms with van der Waals surface area (Å²) in [6, 6.07) is 7.67. The Hall–Kier alpha value is -1.51. The van der Waals surface area contributed by atoms with Gasteiger partial charge in [0.05, 0.1) is 6.42 Å². The number of anilines is 1. The molecule has 2 N–H and O–H groups in total. The first-order valence-electron chi connectivity index (χ1n) is 6.20. The first kappa shape index (κ1) is 12.0. The van der Waals surface area contributed by atoms with Gasteiger partial charge in [0.2, 0.25) is 0 Å². The molecule has 0 bridgehead atoms. The number of nitrogen functional groups attached to an aromatic ring is 1. The van der Waals surface area contributed by atoms with Crippen LogP contribution in [-0.2, 0) is 9.53 Å². The van der Waals surface area contributed by atoms with Crippen LogP contribution in [0.4, 0.5) is 5.69 Å². The average Bonchev–Trinajstić information content (AvgIpc) is 2.24.